The number of hydrogen-bond acceptors (Lipinski definition) is 8. The number of nitrogens with zero attached hydrogens (tertiary/aromatic N) is 2. The molecular weight excluding hydrogens is 620 g/mol. The van der Waals surface area contributed by atoms with Gasteiger partial charge in [-0.05, 0) is 68.5 Å². The maximum Gasteiger partial charge on any atom is 0.338 e. The Bertz CT molecular complexity index is 1890. The van der Waals surface area contributed by atoms with Crippen molar-refractivity contribution in [3.05, 3.63) is 95.1 Å². The molecule has 0 fully saturated rings. The van der Waals surface area contributed by atoms with Gasteiger partial charge >= 0.3 is 5.97 Å². The lowest BCUT2D eigenvalue weighted by Crippen LogP contribution is -2.40. The van der Waals surface area contributed by atoms with Gasteiger partial charge in [0, 0.05) is 9.86 Å². The average Bonchev–Trinajstić information content (AvgIpc) is 3.28. The first-order chi connectivity index (χ1) is 20.3. The van der Waals surface area contributed by atoms with Gasteiger partial charge in [0.1, 0.15) is 5.75 Å². The molecule has 0 amide bonds. The third kappa shape index (κ3) is 5.36. The predicted molar refractivity (Wildman–Crippen MR) is 167 cm³/mol. The molecule has 10 heteroatoms. The zero-order valence-electron chi connectivity index (χ0n) is 24.0. The quantitative estimate of drug-likeness (QED) is 0.222. The third-order valence-electron chi connectivity index (χ3n) is 6.90. The number of halogens is 1. The number of hydrogen-bond donors (Lipinski definition) is 0. The minimum atomic E-state index is -0.807. The molecule has 8 nitrogen and oxygen atoms in total. The maximum atomic E-state index is 14.2. The second-order valence-corrected chi connectivity index (χ2v) is 11.3. The number of thiazole rings is 1. The molecular formula is C32H31BrN2O6S. The van der Waals surface area contributed by atoms with Crippen LogP contribution in [-0.4, -0.2) is 37.5 Å². The first-order valence-electron chi connectivity index (χ1n) is 13.7. The lowest BCUT2D eigenvalue weighted by molar-refractivity contribution is -0.139. The number of benzene rings is 3. The fourth-order valence-electron chi connectivity index (χ4n) is 5.12. The molecule has 1 atom stereocenters. The fourth-order valence-corrected chi connectivity index (χ4v) is 6.69. The zero-order valence-corrected chi connectivity index (χ0v) is 26.4. The van der Waals surface area contributed by atoms with Crippen LogP contribution in [0.25, 0.3) is 16.8 Å². The maximum absolute atomic E-state index is 14.2. The molecule has 1 aliphatic rings. The van der Waals surface area contributed by atoms with Crippen LogP contribution in [0.5, 0.6) is 17.2 Å². The molecule has 0 aliphatic carbocycles. The van der Waals surface area contributed by atoms with Crippen LogP contribution in [-0.2, 0) is 9.53 Å². The Hall–Kier alpha value is -3.89. The van der Waals surface area contributed by atoms with Gasteiger partial charge in [-0.1, -0.05) is 57.6 Å². The molecule has 42 heavy (non-hydrogen) atoms. The summed E-state index contributed by atoms with van der Waals surface area (Å²) in [6, 6.07) is 14.6. The summed E-state index contributed by atoms with van der Waals surface area (Å²) in [5, 5.41) is 1.93. The van der Waals surface area contributed by atoms with E-state index in [4.69, 9.17) is 23.9 Å². The lowest BCUT2D eigenvalue weighted by Gasteiger charge is -2.26. The van der Waals surface area contributed by atoms with Gasteiger partial charge in [-0.3, -0.25) is 9.36 Å². The number of fused-ring (bicyclic) bond motifs is 2. The first kappa shape index (κ1) is 29.6. The van der Waals surface area contributed by atoms with E-state index in [1.54, 1.807) is 37.7 Å². The SMILES string of the molecule is CCOC(=O)C1=C(C)N=c2s/c(=C/c3ccc(OCC)c4ccccc34)c(=O)n2[C@@H]1c1cc(OC)c(OCC)cc1Br. The largest absolute Gasteiger partial charge is 0.493 e. The lowest BCUT2D eigenvalue weighted by atomic mass is 9.95. The van der Waals surface area contributed by atoms with E-state index in [-0.39, 0.29) is 17.7 Å². The van der Waals surface area contributed by atoms with E-state index in [0.29, 0.717) is 49.8 Å². The summed E-state index contributed by atoms with van der Waals surface area (Å²) in [5.41, 5.74) is 2.02. The van der Waals surface area contributed by atoms with Crippen LogP contribution in [0.1, 0.15) is 44.9 Å². The summed E-state index contributed by atoms with van der Waals surface area (Å²) in [6.45, 7) is 8.53. The van der Waals surface area contributed by atoms with Gasteiger partial charge in [-0.2, -0.15) is 0 Å². The molecule has 1 aliphatic heterocycles. The second kappa shape index (κ2) is 12.5. The van der Waals surface area contributed by atoms with E-state index < -0.39 is 12.0 Å². The summed E-state index contributed by atoms with van der Waals surface area (Å²) in [7, 11) is 1.55. The molecule has 0 bridgehead atoms. The van der Waals surface area contributed by atoms with Crippen molar-refractivity contribution in [3.8, 4) is 17.2 Å². The molecule has 0 saturated heterocycles. The van der Waals surface area contributed by atoms with Crippen molar-refractivity contribution in [2.45, 2.75) is 33.7 Å². The highest BCUT2D eigenvalue weighted by atomic mass is 79.9. The number of aromatic nitrogens is 1. The minimum absolute atomic E-state index is 0.186. The van der Waals surface area contributed by atoms with E-state index in [0.717, 1.165) is 22.1 Å². The topological polar surface area (TPSA) is 88.4 Å². The van der Waals surface area contributed by atoms with Crippen LogP contribution in [0.3, 0.4) is 0 Å². The van der Waals surface area contributed by atoms with Crippen LogP contribution in [0.2, 0.25) is 0 Å². The number of allylic oxidation sites excluding steroid dienone is 1. The van der Waals surface area contributed by atoms with E-state index in [1.807, 2.05) is 56.3 Å². The van der Waals surface area contributed by atoms with Crippen molar-refractivity contribution in [1.29, 1.82) is 0 Å². The molecule has 0 N–H and O–H groups in total. The molecule has 5 rings (SSSR count). The molecule has 0 radical (unpaired) electrons. The van der Waals surface area contributed by atoms with E-state index in [9.17, 15) is 9.59 Å². The van der Waals surface area contributed by atoms with E-state index in [2.05, 4.69) is 15.9 Å². The number of methoxy groups -OCH3 is 1. The van der Waals surface area contributed by atoms with Gasteiger partial charge in [0.25, 0.3) is 5.56 Å². The standard InChI is InChI=1S/C32H31BrN2O6S/c1-6-39-24-14-13-19(20-11-9-10-12-21(20)24)15-27-30(36)35-29(22-16-25(38-5)26(40-7-2)17-23(22)33)28(31(37)41-8-3)18(4)34-32(35)42-27/h9-17,29H,6-8H2,1-5H3/b27-15+/t29-/m1/s1. The highest BCUT2D eigenvalue weighted by molar-refractivity contribution is 9.10. The van der Waals surface area contributed by atoms with Crippen LogP contribution < -0.4 is 29.1 Å². The van der Waals surface area contributed by atoms with Crippen molar-refractivity contribution in [3.63, 3.8) is 0 Å². The normalized spacial score (nSPS) is 14.9. The Morgan fingerprint density at radius 2 is 1.71 bits per heavy atom. The van der Waals surface area contributed by atoms with Crippen LogP contribution in [0.15, 0.2) is 74.1 Å². The number of ether oxygens (including phenoxy) is 4. The highest BCUT2D eigenvalue weighted by Crippen LogP contribution is 2.41. The zero-order chi connectivity index (χ0) is 30.0. The van der Waals surface area contributed by atoms with Crippen molar-refractivity contribution in [1.82, 2.24) is 4.57 Å². The summed E-state index contributed by atoms with van der Waals surface area (Å²) in [4.78, 5) is 32.7. The van der Waals surface area contributed by atoms with Gasteiger partial charge in [-0.15, -0.1) is 0 Å². The molecule has 4 aromatic rings. The van der Waals surface area contributed by atoms with E-state index in [1.165, 1.54) is 11.3 Å². The highest BCUT2D eigenvalue weighted by Gasteiger charge is 2.35. The van der Waals surface area contributed by atoms with Crippen molar-refractivity contribution >= 4 is 50.1 Å². The summed E-state index contributed by atoms with van der Waals surface area (Å²) in [6.07, 6.45) is 1.87. The van der Waals surface area contributed by atoms with Crippen molar-refractivity contribution in [2.75, 3.05) is 26.9 Å². The first-order valence-corrected chi connectivity index (χ1v) is 15.3. The van der Waals surface area contributed by atoms with Gasteiger partial charge in [-0.25, -0.2) is 9.79 Å². The number of carbonyl (C=O) groups excluding carboxylic acids is 1. The molecule has 2 heterocycles. The summed E-state index contributed by atoms with van der Waals surface area (Å²) >= 11 is 4.94. The summed E-state index contributed by atoms with van der Waals surface area (Å²) in [5.74, 6) is 1.28. The number of carbonyl (C=O) groups is 1. The Kier molecular flexibility index (Phi) is 8.84. The molecule has 0 unspecified atom stereocenters. The molecule has 0 spiro atoms. The Morgan fingerprint density at radius 1 is 1.00 bits per heavy atom. The Labute approximate surface area is 255 Å². The second-order valence-electron chi connectivity index (χ2n) is 9.39. The molecule has 218 valence electrons. The summed E-state index contributed by atoms with van der Waals surface area (Å²) < 4.78 is 25.3. The Balaban J connectivity index is 1.76. The predicted octanol–water partition coefficient (Wildman–Crippen LogP) is 5.52. The van der Waals surface area contributed by atoms with Crippen LogP contribution >= 0.6 is 27.3 Å². The van der Waals surface area contributed by atoms with Gasteiger partial charge in [0.2, 0.25) is 0 Å². The number of rotatable bonds is 9. The van der Waals surface area contributed by atoms with Gasteiger partial charge in [0.05, 0.1) is 48.8 Å². The average molecular weight is 652 g/mol. The monoisotopic (exact) mass is 650 g/mol. The smallest absolute Gasteiger partial charge is 0.338 e. The molecule has 0 saturated carbocycles. The minimum Gasteiger partial charge on any atom is -0.493 e. The fraction of sp³-hybridized carbons (Fsp3) is 0.281. The third-order valence-corrected chi connectivity index (χ3v) is 8.57. The van der Waals surface area contributed by atoms with Gasteiger partial charge in [0.15, 0.2) is 16.3 Å². The number of esters is 1. The Morgan fingerprint density at radius 3 is 2.40 bits per heavy atom. The van der Waals surface area contributed by atoms with Crippen LogP contribution in [0.4, 0.5) is 0 Å². The van der Waals surface area contributed by atoms with E-state index >= 15 is 0 Å². The molecule has 1 aromatic heterocycles. The van der Waals surface area contributed by atoms with Crippen molar-refractivity contribution < 1.29 is 23.7 Å². The van der Waals surface area contributed by atoms with Crippen LogP contribution in [0, 0.1) is 0 Å². The molecule has 3 aromatic carbocycles. The van der Waals surface area contributed by atoms with Gasteiger partial charge < -0.3 is 18.9 Å². The van der Waals surface area contributed by atoms with Crippen molar-refractivity contribution in [2.24, 2.45) is 4.99 Å².